The second kappa shape index (κ2) is 6.58. The summed E-state index contributed by atoms with van der Waals surface area (Å²) in [5.41, 5.74) is 0.410. The minimum Gasteiger partial charge on any atom is -0.481 e. The molecule has 1 unspecified atom stereocenters. The van der Waals surface area contributed by atoms with E-state index in [2.05, 4.69) is 15.0 Å². The van der Waals surface area contributed by atoms with Gasteiger partial charge in [-0.1, -0.05) is 0 Å². The molecule has 6 heteroatoms. The highest BCUT2D eigenvalue weighted by atomic mass is 16.5. The molecule has 0 aromatic carbocycles. The Morgan fingerprint density at radius 1 is 1.39 bits per heavy atom. The number of ether oxygens (including phenoxy) is 2. The Balaban J connectivity index is 2.56. The lowest BCUT2D eigenvalue weighted by Crippen LogP contribution is -2.34. The maximum absolute atomic E-state index is 11.8. The van der Waals surface area contributed by atoms with E-state index in [1.165, 1.54) is 20.4 Å². The van der Waals surface area contributed by atoms with Gasteiger partial charge in [0.1, 0.15) is 0 Å². The number of amides is 1. The minimum absolute atomic E-state index is 0.131. The van der Waals surface area contributed by atoms with Crippen molar-refractivity contribution >= 4 is 11.9 Å². The lowest BCUT2D eigenvalue weighted by atomic mass is 10.2. The molecular formula is C12H16N2O4. The number of aromatic nitrogens is 1. The standard InChI is InChI=1S/C12H16N2O4/c1-8(6-11(15)18-3)14-12(16)9-4-5-10(17-2)13-7-9/h4-5,7-8H,6H2,1-3H3,(H,14,16). The van der Waals surface area contributed by atoms with Crippen molar-refractivity contribution in [3.05, 3.63) is 23.9 Å². The molecule has 0 aliphatic heterocycles. The van der Waals surface area contributed by atoms with Gasteiger partial charge in [-0.15, -0.1) is 0 Å². The monoisotopic (exact) mass is 252 g/mol. The van der Waals surface area contributed by atoms with Gasteiger partial charge in [0, 0.05) is 18.3 Å². The average molecular weight is 252 g/mol. The number of methoxy groups -OCH3 is 2. The van der Waals surface area contributed by atoms with Crippen molar-refractivity contribution in [3.8, 4) is 5.88 Å². The zero-order chi connectivity index (χ0) is 13.5. The summed E-state index contributed by atoms with van der Waals surface area (Å²) in [4.78, 5) is 26.7. The molecule has 6 nitrogen and oxygen atoms in total. The van der Waals surface area contributed by atoms with E-state index in [-0.39, 0.29) is 24.3 Å². The number of nitrogens with one attached hydrogen (secondary N) is 1. The van der Waals surface area contributed by atoms with Crippen LogP contribution in [-0.2, 0) is 9.53 Å². The first kappa shape index (κ1) is 14.0. The lowest BCUT2D eigenvalue weighted by Gasteiger charge is -2.12. The summed E-state index contributed by atoms with van der Waals surface area (Å²) >= 11 is 0. The van der Waals surface area contributed by atoms with Crippen LogP contribution in [0.1, 0.15) is 23.7 Å². The molecule has 0 saturated heterocycles. The van der Waals surface area contributed by atoms with Crippen molar-refractivity contribution < 1.29 is 19.1 Å². The van der Waals surface area contributed by atoms with Crippen LogP contribution in [0.25, 0.3) is 0 Å². The zero-order valence-electron chi connectivity index (χ0n) is 10.6. The summed E-state index contributed by atoms with van der Waals surface area (Å²) in [6.07, 6.45) is 1.55. The second-order valence-electron chi connectivity index (χ2n) is 3.74. The predicted molar refractivity (Wildman–Crippen MR) is 64.4 cm³/mol. The Bertz CT molecular complexity index is 417. The van der Waals surface area contributed by atoms with E-state index in [4.69, 9.17) is 4.74 Å². The van der Waals surface area contributed by atoms with E-state index in [1.54, 1.807) is 19.1 Å². The van der Waals surface area contributed by atoms with Gasteiger partial charge in [0.2, 0.25) is 5.88 Å². The molecule has 0 fully saturated rings. The van der Waals surface area contributed by atoms with Gasteiger partial charge >= 0.3 is 5.97 Å². The quantitative estimate of drug-likeness (QED) is 0.783. The highest BCUT2D eigenvalue weighted by molar-refractivity contribution is 5.94. The van der Waals surface area contributed by atoms with E-state index in [0.29, 0.717) is 11.4 Å². The molecule has 1 rings (SSSR count). The van der Waals surface area contributed by atoms with Crippen molar-refractivity contribution in [1.29, 1.82) is 0 Å². The third-order valence-corrected chi connectivity index (χ3v) is 2.29. The normalized spacial score (nSPS) is 11.5. The van der Waals surface area contributed by atoms with Gasteiger partial charge in [0.05, 0.1) is 26.2 Å². The molecule has 1 aromatic heterocycles. The molecule has 0 aliphatic carbocycles. The highest BCUT2D eigenvalue weighted by Crippen LogP contribution is 2.07. The van der Waals surface area contributed by atoms with Gasteiger partial charge in [-0.3, -0.25) is 9.59 Å². The van der Waals surface area contributed by atoms with Gasteiger partial charge < -0.3 is 14.8 Å². The molecule has 0 aliphatic rings. The van der Waals surface area contributed by atoms with Crippen molar-refractivity contribution in [2.45, 2.75) is 19.4 Å². The van der Waals surface area contributed by atoms with Crippen LogP contribution >= 0.6 is 0 Å². The average Bonchev–Trinajstić information content (AvgIpc) is 2.38. The van der Waals surface area contributed by atoms with Crippen LogP contribution in [0.2, 0.25) is 0 Å². The van der Waals surface area contributed by atoms with Crippen molar-refractivity contribution in [2.24, 2.45) is 0 Å². The number of hydrogen-bond donors (Lipinski definition) is 1. The first-order chi connectivity index (χ1) is 8.56. The summed E-state index contributed by atoms with van der Waals surface area (Å²) in [6.45, 7) is 1.73. The Labute approximate surface area is 105 Å². The number of hydrogen-bond acceptors (Lipinski definition) is 5. The molecule has 18 heavy (non-hydrogen) atoms. The van der Waals surface area contributed by atoms with Gasteiger partial charge in [-0.25, -0.2) is 4.98 Å². The smallest absolute Gasteiger partial charge is 0.307 e. The van der Waals surface area contributed by atoms with E-state index >= 15 is 0 Å². The fourth-order valence-corrected chi connectivity index (χ4v) is 1.33. The van der Waals surface area contributed by atoms with Crippen molar-refractivity contribution in [1.82, 2.24) is 10.3 Å². The fourth-order valence-electron chi connectivity index (χ4n) is 1.33. The molecule has 1 N–H and O–H groups in total. The van der Waals surface area contributed by atoms with Crippen molar-refractivity contribution in [2.75, 3.05) is 14.2 Å². The summed E-state index contributed by atoms with van der Waals surface area (Å²) in [5, 5.41) is 2.68. The molecular weight excluding hydrogens is 236 g/mol. The largest absolute Gasteiger partial charge is 0.481 e. The SMILES string of the molecule is COC(=O)CC(C)NC(=O)c1ccc(OC)nc1. The van der Waals surface area contributed by atoms with Gasteiger partial charge in [-0.05, 0) is 13.0 Å². The Morgan fingerprint density at radius 2 is 2.11 bits per heavy atom. The van der Waals surface area contributed by atoms with E-state index in [9.17, 15) is 9.59 Å². The van der Waals surface area contributed by atoms with Crippen LogP contribution in [0, 0.1) is 0 Å². The maximum Gasteiger partial charge on any atom is 0.307 e. The van der Waals surface area contributed by atoms with E-state index < -0.39 is 0 Å². The van der Waals surface area contributed by atoms with Crippen LogP contribution in [0.3, 0.4) is 0 Å². The number of esters is 1. The third-order valence-electron chi connectivity index (χ3n) is 2.29. The van der Waals surface area contributed by atoms with Crippen LogP contribution in [0.5, 0.6) is 5.88 Å². The van der Waals surface area contributed by atoms with E-state index in [1.807, 2.05) is 0 Å². The maximum atomic E-state index is 11.8. The van der Waals surface area contributed by atoms with E-state index in [0.717, 1.165) is 0 Å². The lowest BCUT2D eigenvalue weighted by molar-refractivity contribution is -0.141. The molecule has 98 valence electrons. The molecule has 1 atom stereocenters. The summed E-state index contributed by atoms with van der Waals surface area (Å²) in [6, 6.07) is 2.90. The molecule has 1 amide bonds. The van der Waals surface area contributed by atoms with Crippen LogP contribution < -0.4 is 10.1 Å². The molecule has 0 radical (unpaired) electrons. The number of pyridine rings is 1. The number of nitrogens with zero attached hydrogens (tertiary/aromatic N) is 1. The Morgan fingerprint density at radius 3 is 2.61 bits per heavy atom. The fraction of sp³-hybridized carbons (Fsp3) is 0.417. The highest BCUT2D eigenvalue weighted by Gasteiger charge is 2.13. The molecule has 0 saturated carbocycles. The Hall–Kier alpha value is -2.11. The first-order valence-electron chi connectivity index (χ1n) is 5.44. The van der Waals surface area contributed by atoms with Crippen molar-refractivity contribution in [3.63, 3.8) is 0 Å². The second-order valence-corrected chi connectivity index (χ2v) is 3.74. The van der Waals surface area contributed by atoms with Crippen LogP contribution in [0.4, 0.5) is 0 Å². The number of carbonyl (C=O) groups is 2. The van der Waals surface area contributed by atoms with Gasteiger partial charge in [0.25, 0.3) is 5.91 Å². The number of rotatable bonds is 5. The number of carbonyl (C=O) groups excluding carboxylic acids is 2. The van der Waals surface area contributed by atoms with Crippen LogP contribution in [0.15, 0.2) is 18.3 Å². The molecule has 1 aromatic rings. The summed E-state index contributed by atoms with van der Waals surface area (Å²) in [7, 11) is 2.81. The summed E-state index contributed by atoms with van der Waals surface area (Å²) < 4.78 is 9.41. The predicted octanol–water partition coefficient (Wildman–Crippen LogP) is 0.772. The summed E-state index contributed by atoms with van der Waals surface area (Å²) in [5.74, 6) is -0.216. The van der Waals surface area contributed by atoms with Gasteiger partial charge in [0.15, 0.2) is 0 Å². The molecule has 1 heterocycles. The minimum atomic E-state index is -0.365. The topological polar surface area (TPSA) is 77.5 Å². The first-order valence-corrected chi connectivity index (χ1v) is 5.44. The Kier molecular flexibility index (Phi) is 5.10. The van der Waals surface area contributed by atoms with Crippen LogP contribution in [-0.4, -0.2) is 37.1 Å². The molecule has 0 bridgehead atoms. The van der Waals surface area contributed by atoms with Gasteiger partial charge in [-0.2, -0.15) is 0 Å². The third kappa shape index (κ3) is 4.04. The zero-order valence-corrected chi connectivity index (χ0v) is 10.6. The molecule has 0 spiro atoms.